The predicted octanol–water partition coefficient (Wildman–Crippen LogP) is 3.59. The van der Waals surface area contributed by atoms with Crippen LogP contribution in [0.1, 0.15) is 23.0 Å². The Hall–Kier alpha value is -2.90. The molecule has 0 aliphatic carbocycles. The molecule has 3 aromatic rings. The molecule has 0 fully saturated rings. The SMILES string of the molecule is CCOC(=O)c1cn2cccc2c(-c2ccc(C(F)(F)F)cn2)n1. The van der Waals surface area contributed by atoms with Crippen LogP contribution in [0, 0.1) is 0 Å². The molecule has 0 spiro atoms. The van der Waals surface area contributed by atoms with E-state index in [9.17, 15) is 18.0 Å². The molecule has 5 nitrogen and oxygen atoms in total. The van der Waals surface area contributed by atoms with Gasteiger partial charge in [-0.3, -0.25) is 4.98 Å². The lowest BCUT2D eigenvalue weighted by Crippen LogP contribution is -2.10. The van der Waals surface area contributed by atoms with Gasteiger partial charge >= 0.3 is 12.1 Å². The topological polar surface area (TPSA) is 56.5 Å². The molecule has 0 radical (unpaired) electrons. The van der Waals surface area contributed by atoms with E-state index in [2.05, 4.69) is 9.97 Å². The fourth-order valence-corrected chi connectivity index (χ4v) is 2.24. The number of hydrogen-bond donors (Lipinski definition) is 0. The number of nitrogens with zero attached hydrogens (tertiary/aromatic N) is 3. The summed E-state index contributed by atoms with van der Waals surface area (Å²) >= 11 is 0. The first-order valence-electron chi connectivity index (χ1n) is 7.08. The van der Waals surface area contributed by atoms with Gasteiger partial charge in [-0.05, 0) is 31.2 Å². The van der Waals surface area contributed by atoms with E-state index in [4.69, 9.17) is 4.74 Å². The van der Waals surface area contributed by atoms with E-state index in [1.54, 1.807) is 29.7 Å². The minimum atomic E-state index is -4.46. The molecule has 0 atom stereocenters. The highest BCUT2D eigenvalue weighted by molar-refractivity contribution is 5.89. The Balaban J connectivity index is 2.11. The molecule has 0 saturated heterocycles. The molecular weight excluding hydrogens is 323 g/mol. The largest absolute Gasteiger partial charge is 0.461 e. The third kappa shape index (κ3) is 2.94. The van der Waals surface area contributed by atoms with Crippen molar-refractivity contribution in [2.24, 2.45) is 0 Å². The highest BCUT2D eigenvalue weighted by Crippen LogP contribution is 2.30. The summed E-state index contributed by atoms with van der Waals surface area (Å²) in [5.74, 6) is -0.610. The monoisotopic (exact) mass is 335 g/mol. The highest BCUT2D eigenvalue weighted by Gasteiger charge is 2.30. The van der Waals surface area contributed by atoms with Gasteiger partial charge in [0.15, 0.2) is 5.69 Å². The minimum Gasteiger partial charge on any atom is -0.461 e. The number of alkyl halides is 3. The number of pyridine rings is 1. The summed E-state index contributed by atoms with van der Waals surface area (Å²) in [5.41, 5.74) is 0.365. The lowest BCUT2D eigenvalue weighted by molar-refractivity contribution is -0.137. The molecule has 0 bridgehead atoms. The smallest absolute Gasteiger partial charge is 0.417 e. The van der Waals surface area contributed by atoms with Gasteiger partial charge in [-0.2, -0.15) is 13.2 Å². The second kappa shape index (κ2) is 5.95. The summed E-state index contributed by atoms with van der Waals surface area (Å²) in [6.07, 6.45) is -0.516. The van der Waals surface area contributed by atoms with Crippen LogP contribution in [-0.2, 0) is 10.9 Å². The van der Waals surface area contributed by atoms with Gasteiger partial charge in [0.05, 0.1) is 23.4 Å². The number of carbonyl (C=O) groups is 1. The van der Waals surface area contributed by atoms with Crippen LogP contribution in [0.15, 0.2) is 42.9 Å². The number of aromatic nitrogens is 3. The van der Waals surface area contributed by atoms with Crippen molar-refractivity contribution in [1.29, 1.82) is 0 Å². The van der Waals surface area contributed by atoms with Gasteiger partial charge in [-0.25, -0.2) is 9.78 Å². The Morgan fingerprint density at radius 1 is 1.29 bits per heavy atom. The zero-order chi connectivity index (χ0) is 17.3. The molecule has 0 aliphatic heterocycles. The Labute approximate surface area is 134 Å². The Kier molecular flexibility index (Phi) is 3.96. The molecule has 8 heteroatoms. The summed E-state index contributed by atoms with van der Waals surface area (Å²) in [6, 6.07) is 5.63. The molecule has 0 amide bonds. The standard InChI is InChI=1S/C16H12F3N3O2/c1-2-24-15(23)12-9-22-7-3-4-13(22)14(21-12)11-6-5-10(8-20-11)16(17,18)19/h3-9H,2H2,1H3. The number of carbonyl (C=O) groups excluding carboxylic acids is 1. The first-order chi connectivity index (χ1) is 11.4. The summed E-state index contributed by atoms with van der Waals surface area (Å²) in [7, 11) is 0. The molecule has 3 rings (SSSR count). The van der Waals surface area contributed by atoms with Gasteiger partial charge in [-0.1, -0.05) is 0 Å². The Morgan fingerprint density at radius 2 is 2.08 bits per heavy atom. The number of halogens is 3. The van der Waals surface area contributed by atoms with Crippen molar-refractivity contribution in [3.63, 3.8) is 0 Å². The van der Waals surface area contributed by atoms with Crippen LogP contribution in [-0.4, -0.2) is 26.9 Å². The van der Waals surface area contributed by atoms with E-state index < -0.39 is 17.7 Å². The molecule has 0 unspecified atom stereocenters. The van der Waals surface area contributed by atoms with Crippen molar-refractivity contribution in [2.75, 3.05) is 6.61 Å². The number of fused-ring (bicyclic) bond motifs is 1. The van der Waals surface area contributed by atoms with Crippen molar-refractivity contribution >= 4 is 11.5 Å². The zero-order valence-electron chi connectivity index (χ0n) is 12.5. The van der Waals surface area contributed by atoms with Gasteiger partial charge in [0, 0.05) is 18.6 Å². The first kappa shape index (κ1) is 16.0. The molecule has 3 aromatic heterocycles. The maximum atomic E-state index is 12.7. The molecule has 124 valence electrons. The molecule has 0 N–H and O–H groups in total. The fraction of sp³-hybridized carbons (Fsp3) is 0.188. The van der Waals surface area contributed by atoms with E-state index >= 15 is 0 Å². The normalized spacial score (nSPS) is 11.7. The predicted molar refractivity (Wildman–Crippen MR) is 79.4 cm³/mol. The van der Waals surface area contributed by atoms with E-state index in [0.717, 1.165) is 12.3 Å². The van der Waals surface area contributed by atoms with E-state index in [1.165, 1.54) is 12.3 Å². The lowest BCUT2D eigenvalue weighted by Gasteiger charge is -2.09. The fourth-order valence-electron chi connectivity index (χ4n) is 2.24. The molecular formula is C16H12F3N3O2. The molecule has 0 aliphatic rings. The van der Waals surface area contributed by atoms with Crippen molar-refractivity contribution in [1.82, 2.24) is 14.4 Å². The van der Waals surface area contributed by atoms with Crippen LogP contribution < -0.4 is 0 Å². The summed E-state index contributed by atoms with van der Waals surface area (Å²) < 4.78 is 44.5. The van der Waals surface area contributed by atoms with Crippen molar-refractivity contribution in [3.8, 4) is 11.4 Å². The van der Waals surface area contributed by atoms with E-state index in [1.807, 2.05) is 0 Å². The third-order valence-electron chi connectivity index (χ3n) is 3.33. The molecule has 24 heavy (non-hydrogen) atoms. The van der Waals surface area contributed by atoms with Crippen molar-refractivity contribution < 1.29 is 22.7 Å². The van der Waals surface area contributed by atoms with Gasteiger partial charge < -0.3 is 9.14 Å². The van der Waals surface area contributed by atoms with Crippen LogP contribution >= 0.6 is 0 Å². The van der Waals surface area contributed by atoms with Gasteiger partial charge in [0.2, 0.25) is 0 Å². The minimum absolute atomic E-state index is 0.0530. The zero-order valence-corrected chi connectivity index (χ0v) is 12.5. The van der Waals surface area contributed by atoms with Crippen LogP contribution in [0.4, 0.5) is 13.2 Å². The molecule has 3 heterocycles. The van der Waals surface area contributed by atoms with Gasteiger partial charge in [-0.15, -0.1) is 0 Å². The van der Waals surface area contributed by atoms with Crippen molar-refractivity contribution in [2.45, 2.75) is 13.1 Å². The number of ether oxygens (including phenoxy) is 1. The average Bonchev–Trinajstić information content (AvgIpc) is 3.02. The van der Waals surface area contributed by atoms with Crippen LogP contribution in [0.5, 0.6) is 0 Å². The lowest BCUT2D eigenvalue weighted by atomic mass is 10.2. The maximum absolute atomic E-state index is 12.7. The third-order valence-corrected chi connectivity index (χ3v) is 3.33. The second-order valence-corrected chi connectivity index (χ2v) is 4.93. The van der Waals surface area contributed by atoms with Gasteiger partial charge in [0.1, 0.15) is 5.69 Å². The maximum Gasteiger partial charge on any atom is 0.417 e. The summed E-state index contributed by atoms with van der Waals surface area (Å²) in [4.78, 5) is 20.0. The number of esters is 1. The molecule has 0 saturated carbocycles. The van der Waals surface area contributed by atoms with Crippen LogP contribution in [0.3, 0.4) is 0 Å². The number of rotatable bonds is 3. The van der Waals surface area contributed by atoms with E-state index in [-0.39, 0.29) is 18.0 Å². The Morgan fingerprint density at radius 3 is 2.71 bits per heavy atom. The highest BCUT2D eigenvalue weighted by atomic mass is 19.4. The van der Waals surface area contributed by atoms with E-state index in [0.29, 0.717) is 11.2 Å². The quantitative estimate of drug-likeness (QED) is 0.687. The first-order valence-corrected chi connectivity index (χ1v) is 7.08. The van der Waals surface area contributed by atoms with Crippen LogP contribution in [0.2, 0.25) is 0 Å². The van der Waals surface area contributed by atoms with Crippen molar-refractivity contribution in [3.05, 3.63) is 54.1 Å². The summed E-state index contributed by atoms with van der Waals surface area (Å²) in [6.45, 7) is 1.86. The second-order valence-electron chi connectivity index (χ2n) is 4.93. The van der Waals surface area contributed by atoms with Gasteiger partial charge in [0.25, 0.3) is 0 Å². The van der Waals surface area contributed by atoms with Crippen LogP contribution in [0.25, 0.3) is 16.9 Å². The summed E-state index contributed by atoms with van der Waals surface area (Å²) in [5, 5.41) is 0. The Bertz CT molecular complexity index is 886. The average molecular weight is 335 g/mol. The molecule has 0 aromatic carbocycles. The number of hydrogen-bond acceptors (Lipinski definition) is 4.